The van der Waals surface area contributed by atoms with Gasteiger partial charge in [0.25, 0.3) is 0 Å². The number of carbonyl (C=O) groups is 2. The fourth-order valence-corrected chi connectivity index (χ4v) is 2.69. The first-order chi connectivity index (χ1) is 8.33. The second kappa shape index (κ2) is 4.75. The van der Waals surface area contributed by atoms with Gasteiger partial charge in [-0.15, -0.1) is 0 Å². The van der Waals surface area contributed by atoms with E-state index in [4.69, 9.17) is 4.74 Å². The third kappa shape index (κ3) is 3.34. The SMILES string of the molecule is CC(C)(C)OC(=O)NC1CC2=CC(=O)CCC2C1. The van der Waals surface area contributed by atoms with Gasteiger partial charge in [-0.3, -0.25) is 4.79 Å². The molecule has 0 aromatic carbocycles. The molecule has 0 aliphatic heterocycles. The van der Waals surface area contributed by atoms with Crippen LogP contribution in [0, 0.1) is 5.92 Å². The van der Waals surface area contributed by atoms with Gasteiger partial charge in [-0.2, -0.15) is 0 Å². The highest BCUT2D eigenvalue weighted by Crippen LogP contribution is 2.37. The Morgan fingerprint density at radius 1 is 1.44 bits per heavy atom. The summed E-state index contributed by atoms with van der Waals surface area (Å²) in [5.74, 6) is 0.696. The molecule has 0 bridgehead atoms. The molecule has 1 amide bonds. The van der Waals surface area contributed by atoms with Crippen LogP contribution < -0.4 is 5.32 Å². The van der Waals surface area contributed by atoms with E-state index in [-0.39, 0.29) is 17.9 Å². The molecule has 4 nitrogen and oxygen atoms in total. The average molecular weight is 251 g/mol. The van der Waals surface area contributed by atoms with Crippen LogP contribution in [0.25, 0.3) is 0 Å². The fourth-order valence-electron chi connectivity index (χ4n) is 2.69. The Hall–Kier alpha value is -1.32. The minimum Gasteiger partial charge on any atom is -0.444 e. The smallest absolute Gasteiger partial charge is 0.407 e. The van der Waals surface area contributed by atoms with Crippen LogP contribution in [0.3, 0.4) is 0 Å². The Labute approximate surface area is 108 Å². The molecule has 2 rings (SSSR count). The van der Waals surface area contributed by atoms with Gasteiger partial charge in [0.05, 0.1) is 0 Å². The lowest BCUT2D eigenvalue weighted by molar-refractivity contribution is -0.115. The van der Waals surface area contributed by atoms with Gasteiger partial charge in [-0.1, -0.05) is 5.57 Å². The molecule has 100 valence electrons. The zero-order valence-electron chi connectivity index (χ0n) is 11.3. The van der Waals surface area contributed by atoms with Gasteiger partial charge in [-0.25, -0.2) is 4.79 Å². The topological polar surface area (TPSA) is 55.4 Å². The summed E-state index contributed by atoms with van der Waals surface area (Å²) in [4.78, 5) is 23.0. The summed E-state index contributed by atoms with van der Waals surface area (Å²) in [5, 5.41) is 2.89. The standard InChI is InChI=1S/C14H21NO3/c1-14(2,3)18-13(17)15-11-6-9-4-5-12(16)8-10(9)7-11/h8-9,11H,4-7H2,1-3H3,(H,15,17). The molecule has 4 heteroatoms. The number of fused-ring (bicyclic) bond motifs is 1. The van der Waals surface area contributed by atoms with Gasteiger partial charge in [0.1, 0.15) is 5.60 Å². The summed E-state index contributed by atoms with van der Waals surface area (Å²) in [6.07, 6.45) is 4.70. The van der Waals surface area contributed by atoms with Crippen molar-refractivity contribution in [2.45, 2.75) is 58.1 Å². The third-order valence-corrected chi connectivity index (χ3v) is 3.38. The van der Waals surface area contributed by atoms with Crippen LogP contribution in [0.15, 0.2) is 11.6 Å². The Kier molecular flexibility index (Phi) is 3.46. The molecule has 2 unspecified atom stereocenters. The monoisotopic (exact) mass is 251 g/mol. The van der Waals surface area contributed by atoms with Gasteiger partial charge >= 0.3 is 6.09 Å². The van der Waals surface area contributed by atoms with Crippen LogP contribution in [-0.2, 0) is 9.53 Å². The molecule has 0 heterocycles. The number of nitrogens with one attached hydrogen (secondary N) is 1. The normalized spacial score (nSPS) is 27.5. The van der Waals surface area contributed by atoms with E-state index in [0.29, 0.717) is 12.3 Å². The molecule has 2 atom stereocenters. The van der Waals surface area contributed by atoms with Crippen molar-refractivity contribution in [2.24, 2.45) is 5.92 Å². The Bertz CT molecular complexity index is 392. The minimum absolute atomic E-state index is 0.113. The predicted octanol–water partition coefficient (Wildman–Crippen LogP) is 2.58. The summed E-state index contributed by atoms with van der Waals surface area (Å²) in [7, 11) is 0. The molecule has 1 N–H and O–H groups in total. The van der Waals surface area contributed by atoms with Gasteiger partial charge in [0.2, 0.25) is 0 Å². The molecule has 1 saturated carbocycles. The number of allylic oxidation sites excluding steroid dienone is 1. The van der Waals surface area contributed by atoms with Gasteiger partial charge in [-0.05, 0) is 52.0 Å². The van der Waals surface area contributed by atoms with E-state index in [2.05, 4.69) is 5.32 Å². The maximum Gasteiger partial charge on any atom is 0.407 e. The van der Waals surface area contributed by atoms with E-state index in [1.807, 2.05) is 20.8 Å². The van der Waals surface area contributed by atoms with Gasteiger partial charge in [0, 0.05) is 12.5 Å². The first kappa shape index (κ1) is 13.1. The maximum atomic E-state index is 11.7. The Morgan fingerprint density at radius 3 is 2.83 bits per heavy atom. The number of amides is 1. The number of hydrogen-bond donors (Lipinski definition) is 1. The molecule has 18 heavy (non-hydrogen) atoms. The highest BCUT2D eigenvalue weighted by atomic mass is 16.6. The summed E-state index contributed by atoms with van der Waals surface area (Å²) < 4.78 is 5.24. The Morgan fingerprint density at radius 2 is 2.17 bits per heavy atom. The second-order valence-electron chi connectivity index (χ2n) is 6.20. The van der Waals surface area contributed by atoms with Crippen molar-refractivity contribution in [3.05, 3.63) is 11.6 Å². The average Bonchev–Trinajstić information content (AvgIpc) is 2.55. The van der Waals surface area contributed by atoms with E-state index in [1.54, 1.807) is 6.08 Å². The maximum absolute atomic E-state index is 11.7. The predicted molar refractivity (Wildman–Crippen MR) is 68.2 cm³/mol. The van der Waals surface area contributed by atoms with Crippen molar-refractivity contribution in [1.29, 1.82) is 0 Å². The third-order valence-electron chi connectivity index (χ3n) is 3.38. The quantitative estimate of drug-likeness (QED) is 0.779. The van der Waals surface area contributed by atoms with Crippen molar-refractivity contribution in [1.82, 2.24) is 5.32 Å². The molecule has 1 fully saturated rings. The molecule has 0 saturated heterocycles. The van der Waals surface area contributed by atoms with Crippen LogP contribution in [0.4, 0.5) is 4.79 Å². The Balaban J connectivity index is 1.88. The number of carbonyl (C=O) groups excluding carboxylic acids is 2. The van der Waals surface area contributed by atoms with Crippen molar-refractivity contribution in [2.75, 3.05) is 0 Å². The zero-order valence-corrected chi connectivity index (χ0v) is 11.3. The number of hydrogen-bond acceptors (Lipinski definition) is 3. The second-order valence-corrected chi connectivity index (χ2v) is 6.20. The number of rotatable bonds is 1. The number of ketones is 1. The summed E-state index contributed by atoms with van der Waals surface area (Å²) >= 11 is 0. The number of alkyl carbamates (subject to hydrolysis) is 1. The van der Waals surface area contributed by atoms with Crippen LogP contribution in [0.1, 0.15) is 46.5 Å². The lowest BCUT2D eigenvalue weighted by atomic mass is 9.90. The van der Waals surface area contributed by atoms with E-state index < -0.39 is 5.60 Å². The molecular weight excluding hydrogens is 230 g/mol. The minimum atomic E-state index is -0.468. The zero-order chi connectivity index (χ0) is 13.3. The van der Waals surface area contributed by atoms with Crippen LogP contribution >= 0.6 is 0 Å². The summed E-state index contributed by atoms with van der Waals surface area (Å²) in [5.41, 5.74) is 0.734. The van der Waals surface area contributed by atoms with Crippen molar-refractivity contribution < 1.29 is 14.3 Å². The number of ether oxygens (including phenoxy) is 1. The molecule has 2 aliphatic carbocycles. The lowest BCUT2D eigenvalue weighted by Crippen LogP contribution is -2.37. The fraction of sp³-hybridized carbons (Fsp3) is 0.714. The van der Waals surface area contributed by atoms with Crippen LogP contribution in [0.2, 0.25) is 0 Å². The first-order valence-corrected chi connectivity index (χ1v) is 6.56. The highest BCUT2D eigenvalue weighted by molar-refractivity contribution is 5.91. The van der Waals surface area contributed by atoms with Crippen molar-refractivity contribution in [3.63, 3.8) is 0 Å². The molecule has 0 aromatic rings. The molecule has 0 radical (unpaired) electrons. The van der Waals surface area contributed by atoms with E-state index in [9.17, 15) is 9.59 Å². The highest BCUT2D eigenvalue weighted by Gasteiger charge is 2.33. The van der Waals surface area contributed by atoms with Crippen LogP contribution in [0.5, 0.6) is 0 Å². The van der Waals surface area contributed by atoms with Gasteiger partial charge in [0.15, 0.2) is 5.78 Å². The van der Waals surface area contributed by atoms with E-state index in [0.717, 1.165) is 19.3 Å². The van der Waals surface area contributed by atoms with Crippen molar-refractivity contribution in [3.8, 4) is 0 Å². The summed E-state index contributed by atoms with van der Waals surface area (Å²) in [6, 6.07) is 0.113. The van der Waals surface area contributed by atoms with E-state index in [1.165, 1.54) is 5.57 Å². The van der Waals surface area contributed by atoms with E-state index >= 15 is 0 Å². The molecular formula is C14H21NO3. The molecule has 0 aromatic heterocycles. The largest absolute Gasteiger partial charge is 0.444 e. The molecule has 0 spiro atoms. The van der Waals surface area contributed by atoms with Gasteiger partial charge < -0.3 is 10.1 Å². The summed E-state index contributed by atoms with van der Waals surface area (Å²) in [6.45, 7) is 5.55. The lowest BCUT2D eigenvalue weighted by Gasteiger charge is -2.21. The first-order valence-electron chi connectivity index (χ1n) is 6.56. The van der Waals surface area contributed by atoms with Crippen LogP contribution in [-0.4, -0.2) is 23.5 Å². The molecule has 2 aliphatic rings. The van der Waals surface area contributed by atoms with Crippen molar-refractivity contribution >= 4 is 11.9 Å².